The van der Waals surface area contributed by atoms with Crippen molar-refractivity contribution < 1.29 is 19.9 Å². The number of aryl methyl sites for hydroxylation is 2. The Labute approximate surface area is 349 Å². The van der Waals surface area contributed by atoms with Crippen LogP contribution in [0.3, 0.4) is 0 Å². The summed E-state index contributed by atoms with van der Waals surface area (Å²) in [5.74, 6) is 1.60. The number of nitrogens with zero attached hydrogens (tertiary/aromatic N) is 6. The van der Waals surface area contributed by atoms with Gasteiger partial charge in [0.1, 0.15) is 24.7 Å². The van der Waals surface area contributed by atoms with Gasteiger partial charge in [0.2, 0.25) is 0 Å². The summed E-state index contributed by atoms with van der Waals surface area (Å²) >= 11 is 0. The molecule has 4 aromatic carbocycles. The van der Waals surface area contributed by atoms with Crippen molar-refractivity contribution in [2.24, 2.45) is 21.8 Å². The van der Waals surface area contributed by atoms with E-state index in [1.165, 1.54) is 0 Å². The average molecular weight is 803 g/mol. The third-order valence-corrected chi connectivity index (χ3v) is 9.55. The zero-order valence-electron chi connectivity index (χ0n) is 33.8. The van der Waals surface area contributed by atoms with Gasteiger partial charge in [0.25, 0.3) is 0 Å². The number of aromatic nitrogens is 2. The van der Waals surface area contributed by atoms with E-state index in [9.17, 15) is 0 Å². The van der Waals surface area contributed by atoms with Crippen LogP contribution in [0, 0.1) is 50.4 Å². The third-order valence-electron chi connectivity index (χ3n) is 9.55. The van der Waals surface area contributed by atoms with Crippen LogP contribution in [0.25, 0.3) is 0 Å². The van der Waals surface area contributed by atoms with E-state index < -0.39 is 0 Å². The van der Waals surface area contributed by atoms with E-state index in [0.717, 1.165) is 67.6 Å². The highest BCUT2D eigenvalue weighted by Crippen LogP contribution is 2.28. The first-order chi connectivity index (χ1) is 29.0. The second-order valence-electron chi connectivity index (χ2n) is 13.7. The molecule has 14 heteroatoms. The summed E-state index contributed by atoms with van der Waals surface area (Å²) in [7, 11) is 0. The van der Waals surface area contributed by atoms with E-state index in [4.69, 9.17) is 41.9 Å². The molecule has 0 fully saturated rings. The number of nitrogens with two attached hydrogens (primary N) is 2. The zero-order valence-corrected chi connectivity index (χ0v) is 33.8. The summed E-state index contributed by atoms with van der Waals surface area (Å²) in [4.78, 5) is 8.94. The van der Waals surface area contributed by atoms with Crippen LogP contribution in [0.15, 0.2) is 120 Å². The summed E-state index contributed by atoms with van der Waals surface area (Å²) in [6.07, 6.45) is 3.68. The summed E-state index contributed by atoms with van der Waals surface area (Å²) in [5, 5.41) is 48.3. The molecule has 0 unspecified atom stereocenters. The van der Waals surface area contributed by atoms with Crippen molar-refractivity contribution in [3.05, 3.63) is 176 Å². The third kappa shape index (κ3) is 11.5. The van der Waals surface area contributed by atoms with Gasteiger partial charge in [-0.05, 0) is 128 Å². The number of anilines is 2. The van der Waals surface area contributed by atoms with E-state index in [2.05, 4.69) is 43.1 Å². The van der Waals surface area contributed by atoms with Gasteiger partial charge in [-0.3, -0.25) is 9.97 Å². The number of hydrogen-bond donors (Lipinski definition) is 6. The number of benzene rings is 4. The molecular weight excluding hydrogens is 757 g/mol. The molecular formula is C46H46N10O4. The zero-order chi connectivity index (χ0) is 43.0. The van der Waals surface area contributed by atoms with Gasteiger partial charge in [0, 0.05) is 48.0 Å². The SMILES string of the molecule is Cc1ncc(CNc2ccc(/C(N)=N/O)cc2)c(C)c1OCc1cccc(/C(N)=N/O)c1.Cc1ncc(CNc2ccc(C#N)cc2)c(C)c1OCc1cccc(C#N)c1. The molecule has 0 amide bonds. The Balaban J connectivity index is 0.000000230. The van der Waals surface area contributed by atoms with Gasteiger partial charge >= 0.3 is 0 Å². The number of hydrogen-bond acceptors (Lipinski definition) is 12. The van der Waals surface area contributed by atoms with E-state index in [-0.39, 0.29) is 11.7 Å². The lowest BCUT2D eigenvalue weighted by atomic mass is 10.1. The molecule has 6 aromatic rings. The molecule has 2 heterocycles. The van der Waals surface area contributed by atoms with Crippen LogP contribution in [-0.4, -0.2) is 32.1 Å². The number of nitriles is 2. The van der Waals surface area contributed by atoms with Gasteiger partial charge in [-0.2, -0.15) is 10.5 Å². The minimum Gasteiger partial charge on any atom is -0.487 e. The van der Waals surface area contributed by atoms with Crippen LogP contribution < -0.4 is 31.6 Å². The lowest BCUT2D eigenvalue weighted by Gasteiger charge is -2.16. The Kier molecular flexibility index (Phi) is 15.0. The minimum absolute atomic E-state index is 0.0494. The molecule has 0 radical (unpaired) electrons. The van der Waals surface area contributed by atoms with Crippen LogP contribution in [0.1, 0.15) is 67.0 Å². The highest BCUT2D eigenvalue weighted by atomic mass is 16.5. The number of amidine groups is 2. The Morgan fingerprint density at radius 1 is 0.617 bits per heavy atom. The second-order valence-corrected chi connectivity index (χ2v) is 13.7. The molecule has 60 heavy (non-hydrogen) atoms. The number of oxime groups is 2. The molecule has 0 saturated carbocycles. The van der Waals surface area contributed by atoms with Gasteiger partial charge in [-0.1, -0.05) is 40.6 Å². The maximum atomic E-state index is 9.03. The highest BCUT2D eigenvalue weighted by molar-refractivity contribution is 5.97. The fraction of sp³-hybridized carbons (Fsp3) is 0.174. The summed E-state index contributed by atoms with van der Waals surface area (Å²) in [6, 6.07) is 33.6. The van der Waals surface area contributed by atoms with E-state index in [1.807, 2.05) is 101 Å². The smallest absolute Gasteiger partial charge is 0.170 e. The van der Waals surface area contributed by atoms with Crippen LogP contribution >= 0.6 is 0 Å². The van der Waals surface area contributed by atoms with Crippen molar-refractivity contribution in [3.8, 4) is 23.6 Å². The van der Waals surface area contributed by atoms with Gasteiger partial charge in [0.15, 0.2) is 11.7 Å². The lowest BCUT2D eigenvalue weighted by Crippen LogP contribution is -2.13. The quantitative estimate of drug-likeness (QED) is 0.0269. The molecule has 2 aromatic heterocycles. The average Bonchev–Trinajstić information content (AvgIpc) is 3.28. The Morgan fingerprint density at radius 3 is 1.58 bits per heavy atom. The predicted octanol–water partition coefficient (Wildman–Crippen LogP) is 7.71. The predicted molar refractivity (Wildman–Crippen MR) is 231 cm³/mol. The molecule has 14 nitrogen and oxygen atoms in total. The second kappa shape index (κ2) is 20.9. The summed E-state index contributed by atoms with van der Waals surface area (Å²) in [6.45, 7) is 9.70. The van der Waals surface area contributed by atoms with Crippen molar-refractivity contribution in [3.63, 3.8) is 0 Å². The molecule has 0 spiro atoms. The van der Waals surface area contributed by atoms with Crippen molar-refractivity contribution in [2.75, 3.05) is 10.6 Å². The number of nitrogens with one attached hydrogen (secondary N) is 2. The molecule has 0 bridgehead atoms. The topological polar surface area (TPSA) is 233 Å². The lowest BCUT2D eigenvalue weighted by molar-refractivity contribution is 0.300. The Bertz CT molecular complexity index is 2560. The largest absolute Gasteiger partial charge is 0.487 e. The fourth-order valence-corrected chi connectivity index (χ4v) is 6.07. The van der Waals surface area contributed by atoms with Crippen molar-refractivity contribution in [1.29, 1.82) is 10.5 Å². The standard InChI is InChI=1S/C23H26N6O3.C23H20N4O/c1-14-19(12-27-20-8-6-17(7-9-20)22(24)28-30)11-26-15(2)21(14)32-13-16-4-3-5-18(10-16)23(25)29-31;1-16-21(14-27-22-8-6-18(11-24)7-9-22)13-26-17(2)23(16)28-15-20-5-3-4-19(10-20)12-25/h3-11,27,30-31H,12-13H2,1-2H3,(H2,24,28)(H2,25,29);3-10,13,27H,14-15H2,1-2H3. The molecule has 0 aliphatic heterocycles. The Hall–Kier alpha value is -8.10. The number of pyridine rings is 2. The molecule has 6 rings (SSSR count). The van der Waals surface area contributed by atoms with Crippen LogP contribution in [0.5, 0.6) is 11.5 Å². The highest BCUT2D eigenvalue weighted by Gasteiger charge is 2.13. The molecule has 0 aliphatic carbocycles. The number of ether oxygens (including phenoxy) is 2. The van der Waals surface area contributed by atoms with Gasteiger partial charge < -0.3 is 42.0 Å². The van der Waals surface area contributed by atoms with Gasteiger partial charge in [-0.25, -0.2) is 0 Å². The molecule has 0 saturated heterocycles. The minimum atomic E-state index is 0.0494. The van der Waals surface area contributed by atoms with E-state index >= 15 is 0 Å². The van der Waals surface area contributed by atoms with Crippen molar-refractivity contribution in [1.82, 2.24) is 9.97 Å². The van der Waals surface area contributed by atoms with Gasteiger partial charge in [-0.15, -0.1) is 0 Å². The maximum Gasteiger partial charge on any atom is 0.170 e. The molecule has 0 aliphatic rings. The first-order valence-electron chi connectivity index (χ1n) is 18.8. The van der Waals surface area contributed by atoms with Crippen LogP contribution in [-0.2, 0) is 26.3 Å². The fourth-order valence-electron chi connectivity index (χ4n) is 6.07. The molecule has 8 N–H and O–H groups in total. The first kappa shape index (κ1) is 43.0. The maximum absolute atomic E-state index is 9.03. The summed E-state index contributed by atoms with van der Waals surface area (Å²) < 4.78 is 12.1. The van der Waals surface area contributed by atoms with Crippen LogP contribution in [0.2, 0.25) is 0 Å². The Morgan fingerprint density at radius 2 is 1.08 bits per heavy atom. The van der Waals surface area contributed by atoms with E-state index in [1.54, 1.807) is 36.4 Å². The normalized spacial score (nSPS) is 11.0. The first-order valence-corrected chi connectivity index (χ1v) is 18.8. The summed E-state index contributed by atoms with van der Waals surface area (Å²) in [5.41, 5.74) is 23.1. The van der Waals surface area contributed by atoms with Crippen molar-refractivity contribution in [2.45, 2.75) is 54.0 Å². The van der Waals surface area contributed by atoms with Crippen molar-refractivity contribution >= 4 is 23.0 Å². The van der Waals surface area contributed by atoms with E-state index in [0.29, 0.717) is 48.6 Å². The molecule has 304 valence electrons. The number of rotatable bonds is 14. The van der Waals surface area contributed by atoms with Crippen LogP contribution in [0.4, 0.5) is 11.4 Å². The van der Waals surface area contributed by atoms with Gasteiger partial charge in [0.05, 0.1) is 34.7 Å². The molecule has 0 atom stereocenters. The monoisotopic (exact) mass is 802 g/mol.